The predicted molar refractivity (Wildman–Crippen MR) is 67.8 cm³/mol. The third-order valence-corrected chi connectivity index (χ3v) is 2.67. The second kappa shape index (κ2) is 7.28. The fourth-order valence-electron chi connectivity index (χ4n) is 1.60. The average molecular weight is 258 g/mol. The van der Waals surface area contributed by atoms with Crippen molar-refractivity contribution in [2.24, 2.45) is 5.73 Å². The molecule has 0 heterocycles. The standard InChI is InChI=1S/C13H20F2N2O/c1-9(16)3-5-17-6-4-10-7-12(15)13(18-2)8-11(10)14/h7-9,17H,3-6,16H2,1-2H3. The van der Waals surface area contributed by atoms with E-state index in [1.54, 1.807) is 0 Å². The Labute approximate surface area is 106 Å². The molecule has 102 valence electrons. The first-order valence-corrected chi connectivity index (χ1v) is 6.02. The Balaban J connectivity index is 2.45. The smallest absolute Gasteiger partial charge is 0.165 e. The highest BCUT2D eigenvalue weighted by molar-refractivity contribution is 5.31. The zero-order chi connectivity index (χ0) is 13.5. The van der Waals surface area contributed by atoms with Crippen LogP contribution in [0.4, 0.5) is 8.78 Å². The lowest BCUT2D eigenvalue weighted by Crippen LogP contribution is -2.25. The average Bonchev–Trinajstić information content (AvgIpc) is 2.32. The largest absolute Gasteiger partial charge is 0.494 e. The third-order valence-electron chi connectivity index (χ3n) is 2.67. The summed E-state index contributed by atoms with van der Waals surface area (Å²) in [5.41, 5.74) is 5.95. The van der Waals surface area contributed by atoms with Crippen LogP contribution in [0.1, 0.15) is 18.9 Å². The van der Waals surface area contributed by atoms with Gasteiger partial charge in [0.25, 0.3) is 0 Å². The Kier molecular flexibility index (Phi) is 6.01. The van der Waals surface area contributed by atoms with E-state index in [4.69, 9.17) is 10.5 Å². The van der Waals surface area contributed by atoms with Gasteiger partial charge in [0.2, 0.25) is 0 Å². The van der Waals surface area contributed by atoms with Crippen LogP contribution >= 0.6 is 0 Å². The van der Waals surface area contributed by atoms with Crippen LogP contribution in [0.3, 0.4) is 0 Å². The predicted octanol–water partition coefficient (Wildman–Crippen LogP) is 1.84. The lowest BCUT2D eigenvalue weighted by molar-refractivity contribution is 0.381. The molecule has 3 N–H and O–H groups in total. The Bertz CT molecular complexity index is 383. The molecule has 5 heteroatoms. The Morgan fingerprint density at radius 2 is 2.00 bits per heavy atom. The molecule has 0 spiro atoms. The quantitative estimate of drug-likeness (QED) is 0.734. The molecular weight excluding hydrogens is 238 g/mol. The molecule has 0 saturated heterocycles. The van der Waals surface area contributed by atoms with Gasteiger partial charge in [-0.3, -0.25) is 0 Å². The highest BCUT2D eigenvalue weighted by atomic mass is 19.1. The molecule has 0 aliphatic heterocycles. The highest BCUT2D eigenvalue weighted by Gasteiger charge is 2.09. The van der Waals surface area contributed by atoms with Gasteiger partial charge in [0.1, 0.15) is 5.82 Å². The summed E-state index contributed by atoms with van der Waals surface area (Å²) in [6.07, 6.45) is 1.30. The maximum atomic E-state index is 13.6. The van der Waals surface area contributed by atoms with Gasteiger partial charge in [-0.05, 0) is 44.5 Å². The number of nitrogens with one attached hydrogen (secondary N) is 1. The Hall–Kier alpha value is -1.20. The lowest BCUT2D eigenvalue weighted by atomic mass is 10.1. The molecule has 1 aromatic carbocycles. The molecule has 0 aliphatic rings. The van der Waals surface area contributed by atoms with E-state index < -0.39 is 11.6 Å². The van der Waals surface area contributed by atoms with Crippen LogP contribution in [0.5, 0.6) is 5.75 Å². The summed E-state index contributed by atoms with van der Waals surface area (Å²) in [7, 11) is 1.31. The van der Waals surface area contributed by atoms with E-state index in [1.165, 1.54) is 13.2 Å². The maximum absolute atomic E-state index is 13.6. The van der Waals surface area contributed by atoms with Crippen molar-refractivity contribution in [2.75, 3.05) is 20.2 Å². The monoisotopic (exact) mass is 258 g/mol. The summed E-state index contributed by atoms with van der Waals surface area (Å²) < 4.78 is 31.6. The van der Waals surface area contributed by atoms with Crippen molar-refractivity contribution in [3.8, 4) is 5.75 Å². The summed E-state index contributed by atoms with van der Waals surface area (Å²) in [4.78, 5) is 0. The molecule has 18 heavy (non-hydrogen) atoms. The van der Waals surface area contributed by atoms with E-state index >= 15 is 0 Å². The van der Waals surface area contributed by atoms with Crippen LogP contribution in [0.2, 0.25) is 0 Å². The van der Waals surface area contributed by atoms with Crippen LogP contribution in [0, 0.1) is 11.6 Å². The van der Waals surface area contributed by atoms with Crippen molar-refractivity contribution in [1.29, 1.82) is 0 Å². The minimum atomic E-state index is -0.538. The van der Waals surface area contributed by atoms with Crippen LogP contribution < -0.4 is 15.8 Å². The Morgan fingerprint density at radius 3 is 2.61 bits per heavy atom. The number of hydrogen-bond donors (Lipinski definition) is 2. The molecule has 1 unspecified atom stereocenters. The first-order chi connectivity index (χ1) is 8.54. The number of methoxy groups -OCH3 is 1. The van der Waals surface area contributed by atoms with Crippen molar-refractivity contribution in [3.63, 3.8) is 0 Å². The molecule has 0 fully saturated rings. The first kappa shape index (κ1) is 14.9. The minimum absolute atomic E-state index is 0.0684. The highest BCUT2D eigenvalue weighted by Crippen LogP contribution is 2.21. The van der Waals surface area contributed by atoms with Gasteiger partial charge in [0, 0.05) is 12.1 Å². The van der Waals surface area contributed by atoms with Crippen LogP contribution in [0.25, 0.3) is 0 Å². The van der Waals surface area contributed by atoms with E-state index in [9.17, 15) is 8.78 Å². The molecule has 1 rings (SSSR count). The molecule has 3 nitrogen and oxygen atoms in total. The van der Waals surface area contributed by atoms with Crippen molar-refractivity contribution >= 4 is 0 Å². The molecule has 0 bridgehead atoms. The molecule has 0 radical (unpaired) electrons. The maximum Gasteiger partial charge on any atom is 0.165 e. The van der Waals surface area contributed by atoms with Crippen LogP contribution in [-0.4, -0.2) is 26.2 Å². The van der Waals surface area contributed by atoms with Gasteiger partial charge in [-0.1, -0.05) is 0 Å². The molecule has 1 atom stereocenters. The molecule has 0 amide bonds. The van der Waals surface area contributed by atoms with E-state index in [1.807, 2.05) is 6.92 Å². The van der Waals surface area contributed by atoms with Gasteiger partial charge < -0.3 is 15.8 Å². The first-order valence-electron chi connectivity index (χ1n) is 6.02. The summed E-state index contributed by atoms with van der Waals surface area (Å²) in [5.74, 6) is -1.05. The second-order valence-electron chi connectivity index (χ2n) is 4.34. The summed E-state index contributed by atoms with van der Waals surface area (Å²) in [6, 6.07) is 2.40. The van der Waals surface area contributed by atoms with Crippen molar-refractivity contribution < 1.29 is 13.5 Å². The number of ether oxygens (including phenoxy) is 1. The van der Waals surface area contributed by atoms with Gasteiger partial charge in [0.15, 0.2) is 11.6 Å². The summed E-state index contributed by atoms with van der Waals surface area (Å²) in [5, 5.41) is 3.14. The van der Waals surface area contributed by atoms with Gasteiger partial charge >= 0.3 is 0 Å². The van der Waals surface area contributed by atoms with Crippen LogP contribution in [0.15, 0.2) is 12.1 Å². The van der Waals surface area contributed by atoms with E-state index in [0.717, 1.165) is 19.0 Å². The molecule has 0 aromatic heterocycles. The van der Waals surface area contributed by atoms with E-state index in [-0.39, 0.29) is 11.8 Å². The summed E-state index contributed by atoms with van der Waals surface area (Å²) >= 11 is 0. The van der Waals surface area contributed by atoms with Crippen molar-refractivity contribution in [3.05, 3.63) is 29.3 Å². The van der Waals surface area contributed by atoms with Gasteiger partial charge in [-0.15, -0.1) is 0 Å². The Morgan fingerprint density at radius 1 is 1.28 bits per heavy atom. The lowest BCUT2D eigenvalue weighted by Gasteiger charge is -2.09. The number of hydrogen-bond acceptors (Lipinski definition) is 3. The fraction of sp³-hybridized carbons (Fsp3) is 0.538. The van der Waals surface area contributed by atoms with Crippen LogP contribution in [-0.2, 0) is 6.42 Å². The fourth-order valence-corrected chi connectivity index (χ4v) is 1.60. The summed E-state index contributed by atoms with van der Waals surface area (Å²) in [6.45, 7) is 3.30. The van der Waals surface area contributed by atoms with E-state index in [0.29, 0.717) is 18.5 Å². The topological polar surface area (TPSA) is 47.3 Å². The normalized spacial score (nSPS) is 12.5. The molecule has 0 aliphatic carbocycles. The van der Waals surface area contributed by atoms with Crippen molar-refractivity contribution in [1.82, 2.24) is 5.32 Å². The number of halogens is 2. The third kappa shape index (κ3) is 4.58. The van der Waals surface area contributed by atoms with Crippen molar-refractivity contribution in [2.45, 2.75) is 25.8 Å². The molecular formula is C13H20F2N2O. The van der Waals surface area contributed by atoms with Gasteiger partial charge in [-0.25, -0.2) is 8.78 Å². The zero-order valence-corrected chi connectivity index (χ0v) is 10.8. The molecule has 0 saturated carbocycles. The van der Waals surface area contributed by atoms with Gasteiger partial charge in [0.05, 0.1) is 7.11 Å². The minimum Gasteiger partial charge on any atom is -0.494 e. The van der Waals surface area contributed by atoms with Gasteiger partial charge in [-0.2, -0.15) is 0 Å². The second-order valence-corrected chi connectivity index (χ2v) is 4.34. The number of benzene rings is 1. The van der Waals surface area contributed by atoms with E-state index in [2.05, 4.69) is 5.32 Å². The number of rotatable bonds is 7. The zero-order valence-electron chi connectivity index (χ0n) is 10.8. The SMILES string of the molecule is COc1cc(F)c(CCNCCC(C)N)cc1F. The number of nitrogens with two attached hydrogens (primary N) is 1. The molecule has 1 aromatic rings.